The van der Waals surface area contributed by atoms with Gasteiger partial charge in [0.25, 0.3) is 0 Å². The maximum absolute atomic E-state index is 12.3. The summed E-state index contributed by atoms with van der Waals surface area (Å²) in [5.74, 6) is -0.701. The molecule has 1 fully saturated rings. The van der Waals surface area contributed by atoms with Gasteiger partial charge in [-0.15, -0.1) is 0 Å². The van der Waals surface area contributed by atoms with Gasteiger partial charge in [0.05, 0.1) is 0 Å². The fraction of sp³-hybridized carbons (Fsp3) is 0.526. The van der Waals surface area contributed by atoms with Gasteiger partial charge in [-0.2, -0.15) is 0 Å². The first-order valence-electron chi connectivity index (χ1n) is 9.18. The zero-order valence-electron chi connectivity index (χ0n) is 14.9. The fourth-order valence-electron chi connectivity index (χ4n) is 3.05. The van der Waals surface area contributed by atoms with E-state index in [4.69, 9.17) is 5.11 Å². The summed E-state index contributed by atoms with van der Waals surface area (Å²) in [6, 6.07) is 7.08. The maximum Gasteiger partial charge on any atom is 0.315 e. The Hall–Kier alpha value is -2.57. The quantitative estimate of drug-likeness (QED) is 0.534. The van der Waals surface area contributed by atoms with E-state index in [1.807, 2.05) is 24.3 Å². The molecule has 0 spiro atoms. The smallest absolute Gasteiger partial charge is 0.315 e. The van der Waals surface area contributed by atoms with Crippen LogP contribution in [0.5, 0.6) is 0 Å². The highest BCUT2D eigenvalue weighted by molar-refractivity contribution is 5.92. The molecular weight excluding hydrogens is 334 g/mol. The molecule has 142 valence electrons. The van der Waals surface area contributed by atoms with Gasteiger partial charge in [-0.1, -0.05) is 31.4 Å². The number of nitrogens with one attached hydrogen (secondary N) is 3. The maximum atomic E-state index is 12.3. The highest BCUT2D eigenvalue weighted by atomic mass is 16.4. The Morgan fingerprint density at radius 1 is 1.08 bits per heavy atom. The van der Waals surface area contributed by atoms with Crippen LogP contribution in [0.2, 0.25) is 0 Å². The van der Waals surface area contributed by atoms with Gasteiger partial charge in [0.2, 0.25) is 5.91 Å². The number of amides is 3. The van der Waals surface area contributed by atoms with E-state index in [-0.39, 0.29) is 24.3 Å². The second-order valence-corrected chi connectivity index (χ2v) is 6.63. The molecule has 0 atom stereocenters. The number of hydrogen-bond acceptors (Lipinski definition) is 3. The average molecular weight is 361 g/mol. The van der Waals surface area contributed by atoms with E-state index >= 15 is 0 Å². The number of carboxylic acid groups (broad SMARTS) is 1. The Balaban J connectivity index is 1.74. The number of urea groups is 1. The summed E-state index contributed by atoms with van der Waals surface area (Å²) < 4.78 is 0. The molecule has 7 heteroatoms. The predicted octanol–water partition coefficient (Wildman–Crippen LogP) is 2.87. The molecule has 4 N–H and O–H groups in total. The van der Waals surface area contributed by atoms with E-state index < -0.39 is 5.97 Å². The molecule has 7 nitrogen and oxygen atoms in total. The number of aliphatic carboxylic acids is 1. The van der Waals surface area contributed by atoms with Crippen molar-refractivity contribution in [3.63, 3.8) is 0 Å². The normalized spacial score (nSPS) is 14.5. The second-order valence-electron chi connectivity index (χ2n) is 6.63. The van der Waals surface area contributed by atoms with E-state index in [0.717, 1.165) is 36.9 Å². The fourth-order valence-corrected chi connectivity index (χ4v) is 3.05. The molecule has 0 unspecified atom stereocenters. The summed E-state index contributed by atoms with van der Waals surface area (Å²) in [4.78, 5) is 34.4. The van der Waals surface area contributed by atoms with E-state index in [2.05, 4.69) is 16.0 Å². The first-order chi connectivity index (χ1) is 12.5. The van der Waals surface area contributed by atoms with Crippen LogP contribution >= 0.6 is 0 Å². The third kappa shape index (κ3) is 7.13. The Kier molecular flexibility index (Phi) is 7.92. The molecule has 0 saturated heterocycles. The van der Waals surface area contributed by atoms with Crippen molar-refractivity contribution < 1.29 is 19.5 Å². The standard InChI is InChI=1S/C19H27N3O4/c23-17(24)10-5-11-20-19(26)21-13-14-6-4-9-16(12-14)22-18(25)15-7-2-1-3-8-15/h4,6,9,12,15H,1-3,5,7-8,10-11,13H2,(H,22,25)(H,23,24)(H2,20,21,26). The summed E-state index contributed by atoms with van der Waals surface area (Å²) in [5.41, 5.74) is 1.62. The van der Waals surface area contributed by atoms with Crippen LogP contribution in [-0.4, -0.2) is 29.6 Å². The molecular formula is C19H27N3O4. The van der Waals surface area contributed by atoms with Crippen molar-refractivity contribution in [1.29, 1.82) is 0 Å². The van der Waals surface area contributed by atoms with Crippen molar-refractivity contribution in [3.05, 3.63) is 29.8 Å². The van der Waals surface area contributed by atoms with E-state index in [1.165, 1.54) is 6.42 Å². The van der Waals surface area contributed by atoms with Gasteiger partial charge in [-0.25, -0.2) is 4.79 Å². The Morgan fingerprint density at radius 2 is 1.85 bits per heavy atom. The lowest BCUT2D eigenvalue weighted by Gasteiger charge is -2.20. The van der Waals surface area contributed by atoms with E-state index in [9.17, 15) is 14.4 Å². The summed E-state index contributed by atoms with van der Waals surface area (Å²) >= 11 is 0. The van der Waals surface area contributed by atoms with Crippen LogP contribution in [0.4, 0.5) is 10.5 Å². The highest BCUT2D eigenvalue weighted by Gasteiger charge is 2.21. The molecule has 2 rings (SSSR count). The Bertz CT molecular complexity index is 627. The number of carbonyl (C=O) groups is 3. The van der Waals surface area contributed by atoms with Gasteiger partial charge in [-0.05, 0) is 37.0 Å². The molecule has 1 aromatic carbocycles. The summed E-state index contributed by atoms with van der Waals surface area (Å²) in [5, 5.41) is 16.8. The van der Waals surface area contributed by atoms with Crippen LogP contribution in [0.1, 0.15) is 50.5 Å². The van der Waals surface area contributed by atoms with Gasteiger partial charge < -0.3 is 21.1 Å². The number of anilines is 1. The van der Waals surface area contributed by atoms with Crippen LogP contribution < -0.4 is 16.0 Å². The Labute approximate surface area is 153 Å². The van der Waals surface area contributed by atoms with Gasteiger partial charge in [0.15, 0.2) is 0 Å². The van der Waals surface area contributed by atoms with Crippen LogP contribution in [0.25, 0.3) is 0 Å². The number of benzene rings is 1. The van der Waals surface area contributed by atoms with Gasteiger partial charge >= 0.3 is 12.0 Å². The molecule has 1 aliphatic rings. The molecule has 0 bridgehead atoms. The van der Waals surface area contributed by atoms with Crippen molar-refractivity contribution in [2.45, 2.75) is 51.5 Å². The second kappa shape index (κ2) is 10.4. The largest absolute Gasteiger partial charge is 0.481 e. The van der Waals surface area contributed by atoms with Crippen molar-refractivity contribution in [1.82, 2.24) is 10.6 Å². The van der Waals surface area contributed by atoms with Crippen molar-refractivity contribution >= 4 is 23.6 Å². The first-order valence-corrected chi connectivity index (χ1v) is 9.18. The lowest BCUT2D eigenvalue weighted by Crippen LogP contribution is -2.35. The van der Waals surface area contributed by atoms with Gasteiger partial charge in [-0.3, -0.25) is 9.59 Å². The third-order valence-corrected chi connectivity index (χ3v) is 4.48. The average Bonchev–Trinajstić information content (AvgIpc) is 2.64. The van der Waals surface area contributed by atoms with Gasteiger partial charge in [0, 0.05) is 31.1 Å². The molecule has 3 amide bonds. The summed E-state index contributed by atoms with van der Waals surface area (Å²) in [6.45, 7) is 0.646. The molecule has 1 aliphatic carbocycles. The summed E-state index contributed by atoms with van der Waals surface area (Å²) in [6.07, 6.45) is 5.77. The van der Waals surface area contributed by atoms with E-state index in [1.54, 1.807) is 0 Å². The Morgan fingerprint density at radius 3 is 2.58 bits per heavy atom. The zero-order chi connectivity index (χ0) is 18.8. The van der Waals surface area contributed by atoms with Crippen LogP contribution in [0, 0.1) is 5.92 Å². The minimum Gasteiger partial charge on any atom is -0.481 e. The highest BCUT2D eigenvalue weighted by Crippen LogP contribution is 2.25. The van der Waals surface area contributed by atoms with Crippen LogP contribution in [-0.2, 0) is 16.1 Å². The third-order valence-electron chi connectivity index (χ3n) is 4.48. The summed E-state index contributed by atoms with van der Waals surface area (Å²) in [7, 11) is 0. The number of rotatable bonds is 8. The molecule has 26 heavy (non-hydrogen) atoms. The minimum atomic E-state index is -0.876. The zero-order valence-corrected chi connectivity index (χ0v) is 14.9. The van der Waals surface area contributed by atoms with E-state index in [0.29, 0.717) is 19.5 Å². The minimum absolute atomic E-state index is 0.0308. The predicted molar refractivity (Wildman–Crippen MR) is 98.8 cm³/mol. The molecule has 0 aromatic heterocycles. The SMILES string of the molecule is O=C(O)CCCNC(=O)NCc1cccc(NC(=O)C2CCCCC2)c1. The molecule has 0 aliphatic heterocycles. The first kappa shape index (κ1) is 19.8. The number of hydrogen-bond donors (Lipinski definition) is 4. The van der Waals surface area contributed by atoms with Crippen molar-refractivity contribution in [2.75, 3.05) is 11.9 Å². The lowest BCUT2D eigenvalue weighted by atomic mass is 9.88. The molecule has 0 heterocycles. The molecule has 1 saturated carbocycles. The number of carbonyl (C=O) groups excluding carboxylic acids is 2. The topological polar surface area (TPSA) is 108 Å². The van der Waals surface area contributed by atoms with Gasteiger partial charge in [0.1, 0.15) is 0 Å². The van der Waals surface area contributed by atoms with Crippen LogP contribution in [0.3, 0.4) is 0 Å². The van der Waals surface area contributed by atoms with Crippen molar-refractivity contribution in [3.8, 4) is 0 Å². The monoisotopic (exact) mass is 361 g/mol. The van der Waals surface area contributed by atoms with Crippen LogP contribution in [0.15, 0.2) is 24.3 Å². The molecule has 1 aromatic rings. The van der Waals surface area contributed by atoms with Crippen molar-refractivity contribution in [2.24, 2.45) is 5.92 Å². The number of carboxylic acids is 1. The molecule has 0 radical (unpaired) electrons. The lowest BCUT2D eigenvalue weighted by molar-refractivity contribution is -0.137.